The van der Waals surface area contributed by atoms with Gasteiger partial charge in [0.05, 0.1) is 6.54 Å². The van der Waals surface area contributed by atoms with E-state index in [0.717, 1.165) is 16.8 Å². The number of sulfonamides is 1. The van der Waals surface area contributed by atoms with Crippen molar-refractivity contribution in [1.29, 1.82) is 0 Å². The summed E-state index contributed by atoms with van der Waals surface area (Å²) >= 11 is 5.72. The van der Waals surface area contributed by atoms with E-state index in [1.807, 2.05) is 0 Å². The molecule has 0 saturated heterocycles. The standard InChI is InChI=1S/C11H9ClFN3O4S/c12-7-1-2-8(13)6(3-7)4-16-5-9(21(14,19)20)10(17)15-11(16)18/h1-3,5H,4H2,(H2,14,19,20)(H,15,17,18). The summed E-state index contributed by atoms with van der Waals surface area (Å²) in [6.07, 6.45) is 0.761. The summed E-state index contributed by atoms with van der Waals surface area (Å²) in [6, 6.07) is 3.71. The Morgan fingerprint density at radius 3 is 2.62 bits per heavy atom. The third kappa shape index (κ3) is 3.38. The molecule has 1 aromatic carbocycles. The summed E-state index contributed by atoms with van der Waals surface area (Å²) in [5.41, 5.74) is -1.98. The molecule has 1 heterocycles. The Bertz CT molecular complexity index is 920. The van der Waals surface area contributed by atoms with E-state index in [1.165, 1.54) is 12.1 Å². The number of benzene rings is 1. The lowest BCUT2D eigenvalue weighted by molar-refractivity contribution is 0.582. The highest BCUT2D eigenvalue weighted by Gasteiger charge is 2.16. The second kappa shape index (κ2) is 5.43. The SMILES string of the molecule is NS(=O)(=O)c1cn(Cc2cc(Cl)ccc2F)c(=O)[nH]c1=O. The number of primary sulfonamides is 1. The van der Waals surface area contributed by atoms with Crippen molar-refractivity contribution in [2.24, 2.45) is 5.14 Å². The van der Waals surface area contributed by atoms with E-state index in [4.69, 9.17) is 16.7 Å². The molecule has 0 fully saturated rings. The molecular formula is C11H9ClFN3O4S. The van der Waals surface area contributed by atoms with Crippen LogP contribution in [0.4, 0.5) is 4.39 Å². The van der Waals surface area contributed by atoms with Gasteiger partial charge in [-0.05, 0) is 18.2 Å². The molecule has 1 aromatic heterocycles. The first-order valence-electron chi connectivity index (χ1n) is 5.49. The Hall–Kier alpha value is -1.97. The van der Waals surface area contributed by atoms with Crippen molar-refractivity contribution in [1.82, 2.24) is 9.55 Å². The molecule has 112 valence electrons. The Morgan fingerprint density at radius 1 is 1.33 bits per heavy atom. The minimum atomic E-state index is -4.31. The third-order valence-corrected chi connectivity index (χ3v) is 3.77. The maximum Gasteiger partial charge on any atom is 0.328 e. The van der Waals surface area contributed by atoms with Crippen molar-refractivity contribution in [3.8, 4) is 0 Å². The fraction of sp³-hybridized carbons (Fsp3) is 0.0909. The summed E-state index contributed by atoms with van der Waals surface area (Å²) in [6.45, 7) is -0.315. The van der Waals surface area contributed by atoms with Gasteiger partial charge in [0, 0.05) is 16.8 Å². The van der Waals surface area contributed by atoms with Gasteiger partial charge in [0.25, 0.3) is 5.56 Å². The normalized spacial score (nSPS) is 11.6. The molecule has 0 spiro atoms. The highest BCUT2D eigenvalue weighted by atomic mass is 35.5. The molecule has 10 heteroatoms. The minimum absolute atomic E-state index is 0.0528. The van der Waals surface area contributed by atoms with Crippen LogP contribution < -0.4 is 16.4 Å². The Balaban J connectivity index is 2.58. The van der Waals surface area contributed by atoms with Crippen LogP contribution in [0.3, 0.4) is 0 Å². The first-order chi connectivity index (χ1) is 9.68. The summed E-state index contributed by atoms with van der Waals surface area (Å²) in [4.78, 5) is 24.0. The summed E-state index contributed by atoms with van der Waals surface area (Å²) in [7, 11) is -4.31. The van der Waals surface area contributed by atoms with Crippen LogP contribution in [0.15, 0.2) is 38.9 Å². The Kier molecular flexibility index (Phi) is 3.99. The molecule has 0 saturated carbocycles. The predicted molar refractivity (Wildman–Crippen MR) is 73.2 cm³/mol. The first kappa shape index (κ1) is 15.4. The highest BCUT2D eigenvalue weighted by Crippen LogP contribution is 2.15. The van der Waals surface area contributed by atoms with Crippen LogP contribution in [-0.2, 0) is 16.6 Å². The number of nitrogens with two attached hydrogens (primary N) is 1. The summed E-state index contributed by atoms with van der Waals surface area (Å²) < 4.78 is 36.9. The number of H-pyrrole nitrogens is 1. The van der Waals surface area contributed by atoms with Crippen LogP contribution in [0.25, 0.3) is 0 Å². The number of nitrogens with one attached hydrogen (secondary N) is 1. The smallest absolute Gasteiger partial charge is 0.295 e. The number of rotatable bonds is 3. The number of hydrogen-bond acceptors (Lipinski definition) is 4. The minimum Gasteiger partial charge on any atom is -0.295 e. The van der Waals surface area contributed by atoms with Crippen molar-refractivity contribution in [3.05, 3.63) is 61.6 Å². The molecule has 0 aliphatic rings. The lowest BCUT2D eigenvalue weighted by Crippen LogP contribution is -2.35. The molecule has 21 heavy (non-hydrogen) atoms. The van der Waals surface area contributed by atoms with Gasteiger partial charge in [-0.25, -0.2) is 22.7 Å². The second-order valence-corrected chi connectivity index (χ2v) is 6.13. The van der Waals surface area contributed by atoms with E-state index in [9.17, 15) is 22.4 Å². The highest BCUT2D eigenvalue weighted by molar-refractivity contribution is 7.89. The zero-order chi connectivity index (χ0) is 15.8. The van der Waals surface area contributed by atoms with Crippen molar-refractivity contribution >= 4 is 21.6 Å². The molecule has 2 aromatic rings. The van der Waals surface area contributed by atoms with Gasteiger partial charge in [0.2, 0.25) is 10.0 Å². The predicted octanol–water partition coefficient (Wildman–Crippen LogP) is 0.0248. The van der Waals surface area contributed by atoms with Crippen LogP contribution in [0.5, 0.6) is 0 Å². The molecule has 3 N–H and O–H groups in total. The fourth-order valence-corrected chi connectivity index (χ4v) is 2.44. The summed E-state index contributed by atoms with van der Waals surface area (Å²) in [5, 5.41) is 5.11. The molecule has 0 amide bonds. The molecule has 0 atom stereocenters. The van der Waals surface area contributed by atoms with Crippen LogP contribution in [0.2, 0.25) is 5.02 Å². The van der Waals surface area contributed by atoms with Gasteiger partial charge in [-0.3, -0.25) is 14.3 Å². The van der Waals surface area contributed by atoms with E-state index in [-0.39, 0.29) is 17.1 Å². The molecular weight excluding hydrogens is 325 g/mol. The molecule has 2 rings (SSSR count). The van der Waals surface area contributed by atoms with Crippen molar-refractivity contribution < 1.29 is 12.8 Å². The van der Waals surface area contributed by atoms with Gasteiger partial charge < -0.3 is 0 Å². The number of hydrogen-bond donors (Lipinski definition) is 2. The molecule has 0 radical (unpaired) electrons. The van der Waals surface area contributed by atoms with Gasteiger partial charge in [0.15, 0.2) is 4.90 Å². The van der Waals surface area contributed by atoms with Crippen molar-refractivity contribution in [3.63, 3.8) is 0 Å². The molecule has 0 aliphatic carbocycles. The number of nitrogens with zero attached hydrogens (tertiary/aromatic N) is 1. The van der Waals surface area contributed by atoms with E-state index < -0.39 is 32.0 Å². The zero-order valence-corrected chi connectivity index (χ0v) is 11.9. The van der Waals surface area contributed by atoms with Crippen LogP contribution >= 0.6 is 11.6 Å². The van der Waals surface area contributed by atoms with Crippen molar-refractivity contribution in [2.45, 2.75) is 11.4 Å². The van der Waals surface area contributed by atoms with Crippen LogP contribution in [0, 0.1) is 5.82 Å². The largest absolute Gasteiger partial charge is 0.328 e. The topological polar surface area (TPSA) is 115 Å². The fourth-order valence-electron chi connectivity index (χ4n) is 1.66. The van der Waals surface area contributed by atoms with Gasteiger partial charge in [-0.2, -0.15) is 0 Å². The van der Waals surface area contributed by atoms with Crippen LogP contribution in [-0.4, -0.2) is 18.0 Å². The van der Waals surface area contributed by atoms with Crippen LogP contribution in [0.1, 0.15) is 5.56 Å². The molecule has 0 unspecified atom stereocenters. The maximum absolute atomic E-state index is 13.6. The zero-order valence-electron chi connectivity index (χ0n) is 10.3. The molecule has 0 bridgehead atoms. The van der Waals surface area contributed by atoms with Gasteiger partial charge >= 0.3 is 5.69 Å². The van der Waals surface area contributed by atoms with E-state index in [0.29, 0.717) is 0 Å². The monoisotopic (exact) mass is 333 g/mol. The number of aromatic nitrogens is 2. The Morgan fingerprint density at radius 2 is 2.00 bits per heavy atom. The van der Waals surface area contributed by atoms with Gasteiger partial charge in [-0.1, -0.05) is 11.6 Å². The third-order valence-electron chi connectivity index (χ3n) is 2.63. The lowest BCUT2D eigenvalue weighted by Gasteiger charge is -2.08. The van der Waals surface area contributed by atoms with E-state index in [2.05, 4.69) is 0 Å². The first-order valence-corrected chi connectivity index (χ1v) is 7.41. The number of halogens is 2. The molecule has 7 nitrogen and oxygen atoms in total. The summed E-state index contributed by atoms with van der Waals surface area (Å²) in [5.74, 6) is -0.630. The lowest BCUT2D eigenvalue weighted by atomic mass is 10.2. The average molecular weight is 334 g/mol. The Labute approximate surface area is 122 Å². The van der Waals surface area contributed by atoms with Gasteiger partial charge in [-0.15, -0.1) is 0 Å². The quantitative estimate of drug-likeness (QED) is 0.824. The molecule has 0 aliphatic heterocycles. The van der Waals surface area contributed by atoms with Gasteiger partial charge in [0.1, 0.15) is 5.82 Å². The van der Waals surface area contributed by atoms with E-state index in [1.54, 1.807) is 4.98 Å². The second-order valence-electron chi connectivity index (χ2n) is 4.16. The average Bonchev–Trinajstić information content (AvgIpc) is 2.35. The number of aromatic amines is 1. The van der Waals surface area contributed by atoms with Crippen molar-refractivity contribution in [2.75, 3.05) is 0 Å². The maximum atomic E-state index is 13.6. The van der Waals surface area contributed by atoms with E-state index >= 15 is 0 Å².